The number of anilines is 1. The van der Waals surface area contributed by atoms with E-state index in [1.807, 2.05) is 35.7 Å². The van der Waals surface area contributed by atoms with Crippen molar-refractivity contribution in [3.05, 3.63) is 82.0 Å². The van der Waals surface area contributed by atoms with Gasteiger partial charge in [-0.1, -0.05) is 66.9 Å². The third-order valence-corrected chi connectivity index (χ3v) is 14.2. The lowest BCUT2D eigenvalue weighted by Gasteiger charge is -2.29. The summed E-state index contributed by atoms with van der Waals surface area (Å²) in [4.78, 5) is 63.7. The summed E-state index contributed by atoms with van der Waals surface area (Å²) >= 11 is 7.75. The number of thiazole rings is 1. The zero-order valence-electron chi connectivity index (χ0n) is 30.4. The number of halogens is 2. The Balaban J connectivity index is 1.06. The predicted octanol–water partition coefficient (Wildman–Crippen LogP) is 5.51. The molecular weight excluding hydrogens is 783 g/mol. The maximum atomic E-state index is 14.7. The first kappa shape index (κ1) is 38.3. The summed E-state index contributed by atoms with van der Waals surface area (Å²) in [6, 6.07) is 10.0. The Morgan fingerprint density at radius 1 is 1.05 bits per heavy atom. The van der Waals surface area contributed by atoms with Crippen LogP contribution >= 0.6 is 22.9 Å². The van der Waals surface area contributed by atoms with Crippen LogP contribution in [0.25, 0.3) is 11.3 Å². The van der Waals surface area contributed by atoms with Gasteiger partial charge in [-0.3, -0.25) is 24.0 Å². The number of carbonyl (C=O) groups excluding carboxylic acids is 4. The Morgan fingerprint density at radius 3 is 2.66 bits per heavy atom. The second kappa shape index (κ2) is 15.4. The summed E-state index contributed by atoms with van der Waals surface area (Å²) in [7, 11) is -3.91. The number of hydrogen-bond donors (Lipinski definition) is 3. The van der Waals surface area contributed by atoms with Crippen LogP contribution in [0.2, 0.25) is 5.02 Å². The summed E-state index contributed by atoms with van der Waals surface area (Å²) in [6.45, 7) is 0.0568. The average Bonchev–Trinajstić information content (AvgIpc) is 3.97. The molecule has 2 aliphatic carbocycles. The molecule has 0 unspecified atom stereocenters. The quantitative estimate of drug-likeness (QED) is 0.261. The van der Waals surface area contributed by atoms with Crippen molar-refractivity contribution in [3.8, 4) is 11.3 Å². The third kappa shape index (κ3) is 7.87. The van der Waals surface area contributed by atoms with Gasteiger partial charge < -0.3 is 20.3 Å². The highest BCUT2D eigenvalue weighted by Crippen LogP contribution is 2.46. The number of nitrogens with zero attached hydrogens (tertiary/aromatic N) is 3. The van der Waals surface area contributed by atoms with E-state index in [2.05, 4.69) is 15.4 Å². The van der Waals surface area contributed by atoms with Crippen LogP contribution in [0.15, 0.2) is 60.0 Å². The second-order valence-corrected chi connectivity index (χ2v) is 18.4. The Hall–Kier alpha value is -4.54. The fourth-order valence-electron chi connectivity index (χ4n) is 7.86. The lowest BCUT2D eigenvalue weighted by atomic mass is 10.1. The molecule has 3 aliphatic heterocycles. The Labute approximate surface area is 333 Å². The molecule has 2 saturated carbocycles. The first-order valence-corrected chi connectivity index (χ1v) is 21.8. The largest absolute Gasteiger partial charge is 0.444 e. The fourth-order valence-corrected chi connectivity index (χ4v) is 10.2. The van der Waals surface area contributed by atoms with Gasteiger partial charge in [0.1, 0.15) is 29.5 Å². The van der Waals surface area contributed by atoms with E-state index in [9.17, 15) is 32.0 Å². The number of ether oxygens (including phenoxy) is 1. The normalized spacial score (nSPS) is 26.6. The van der Waals surface area contributed by atoms with Crippen molar-refractivity contribution < 1.29 is 36.7 Å². The van der Waals surface area contributed by atoms with Gasteiger partial charge in [-0.15, -0.1) is 11.3 Å². The van der Waals surface area contributed by atoms with Crippen molar-refractivity contribution in [2.75, 3.05) is 11.9 Å². The zero-order valence-corrected chi connectivity index (χ0v) is 32.8. The fraction of sp³-hybridized carbons (Fsp3) is 0.462. The monoisotopic (exact) mass is 824 g/mol. The zero-order chi connectivity index (χ0) is 39.2. The van der Waals surface area contributed by atoms with Crippen LogP contribution in [0.3, 0.4) is 0 Å². The summed E-state index contributed by atoms with van der Waals surface area (Å²) in [6.07, 6.45) is 6.65. The second-order valence-electron chi connectivity index (χ2n) is 15.2. The molecule has 56 heavy (non-hydrogen) atoms. The molecule has 3 aromatic rings. The molecule has 3 fully saturated rings. The summed E-state index contributed by atoms with van der Waals surface area (Å²) < 4.78 is 48.3. The molecule has 17 heteroatoms. The molecule has 3 N–H and O–H groups in total. The smallest absolute Gasteiger partial charge is 0.410 e. The molecule has 4 heterocycles. The van der Waals surface area contributed by atoms with E-state index < -0.39 is 74.5 Å². The van der Waals surface area contributed by atoms with Crippen LogP contribution in [0, 0.1) is 11.7 Å². The van der Waals surface area contributed by atoms with E-state index in [1.165, 1.54) is 27.2 Å². The minimum atomic E-state index is -3.91. The molecule has 1 saturated heterocycles. The van der Waals surface area contributed by atoms with Gasteiger partial charge >= 0.3 is 6.09 Å². The number of fused-ring (bicyclic) bond motifs is 3. The highest BCUT2D eigenvalue weighted by Gasteiger charge is 2.62. The van der Waals surface area contributed by atoms with E-state index in [0.29, 0.717) is 59.1 Å². The summed E-state index contributed by atoms with van der Waals surface area (Å²) in [5.74, 6) is -2.75. The standard InChI is InChI=1S/C39H42ClFN6O7S2/c40-29-12-7-6-11-27(29)32-22-55-37(43-32)42-31-14-5-3-1-2-4-10-24-18-39(24,36(50)45-56(52,53)26-15-16-26)44-34(48)33-17-25(20-47(33)35(31)49)54-38(51)46-19-23-9-8-13-30(41)28(23)21-46/h4,6-13,22,24-26,31,33H,1-3,5,14-21H2,(H,42,43)(H,44,48)(H,45,50)/t24-,25-,31+,33+,39-/m1/s1. The van der Waals surface area contributed by atoms with Crippen molar-refractivity contribution in [1.82, 2.24) is 24.8 Å². The van der Waals surface area contributed by atoms with Gasteiger partial charge in [-0.2, -0.15) is 0 Å². The van der Waals surface area contributed by atoms with Crippen molar-refractivity contribution in [2.45, 2.75) is 99.9 Å². The van der Waals surface area contributed by atoms with E-state index in [4.69, 9.17) is 21.3 Å². The lowest BCUT2D eigenvalue weighted by Crippen LogP contribution is -2.57. The minimum Gasteiger partial charge on any atom is -0.444 e. The van der Waals surface area contributed by atoms with Gasteiger partial charge in [-0.05, 0) is 56.2 Å². The van der Waals surface area contributed by atoms with Gasteiger partial charge in [0, 0.05) is 40.4 Å². The third-order valence-electron chi connectivity index (χ3n) is 11.2. The van der Waals surface area contributed by atoms with Gasteiger partial charge in [0.15, 0.2) is 5.13 Å². The molecule has 1 aromatic heterocycles. The van der Waals surface area contributed by atoms with E-state index in [-0.39, 0.29) is 32.5 Å². The molecule has 0 bridgehead atoms. The number of hydrogen-bond acceptors (Lipinski definition) is 10. The van der Waals surface area contributed by atoms with Crippen LogP contribution in [-0.4, -0.2) is 82.5 Å². The number of sulfonamides is 1. The van der Waals surface area contributed by atoms with Gasteiger partial charge in [-0.25, -0.2) is 22.6 Å². The first-order chi connectivity index (χ1) is 26.9. The molecular formula is C39H42ClFN6O7S2. The van der Waals surface area contributed by atoms with Crippen LogP contribution < -0.4 is 15.4 Å². The molecule has 296 valence electrons. The van der Waals surface area contributed by atoms with Gasteiger partial charge in [0.05, 0.1) is 24.0 Å². The Bertz CT molecular complexity index is 2200. The molecule has 5 atom stereocenters. The summed E-state index contributed by atoms with van der Waals surface area (Å²) in [5.41, 5.74) is 0.932. The maximum absolute atomic E-state index is 14.7. The van der Waals surface area contributed by atoms with Gasteiger partial charge in [0.2, 0.25) is 21.8 Å². The minimum absolute atomic E-state index is 0.0202. The van der Waals surface area contributed by atoms with Crippen LogP contribution in [-0.2, 0) is 42.2 Å². The number of rotatable bonds is 7. The number of aromatic nitrogens is 1. The topological polar surface area (TPSA) is 167 Å². The Morgan fingerprint density at radius 2 is 1.88 bits per heavy atom. The molecule has 8 rings (SSSR count). The van der Waals surface area contributed by atoms with Crippen LogP contribution in [0.5, 0.6) is 0 Å². The highest BCUT2D eigenvalue weighted by atomic mass is 35.5. The van der Waals surface area contributed by atoms with E-state index in [0.717, 1.165) is 18.4 Å². The number of benzene rings is 2. The van der Waals surface area contributed by atoms with E-state index in [1.54, 1.807) is 18.2 Å². The molecule has 0 spiro atoms. The molecule has 5 aliphatic rings. The predicted molar refractivity (Wildman–Crippen MR) is 207 cm³/mol. The number of amides is 4. The molecule has 2 aromatic carbocycles. The maximum Gasteiger partial charge on any atom is 0.410 e. The number of allylic oxidation sites excluding steroid dienone is 1. The van der Waals surface area contributed by atoms with E-state index >= 15 is 0 Å². The Kier molecular flexibility index (Phi) is 10.6. The van der Waals surface area contributed by atoms with Crippen LogP contribution in [0.1, 0.15) is 68.9 Å². The SMILES string of the molecule is O=C1N[C@]2(C(=O)NS(=O)(=O)C3CC3)C[C@H]2C=CCCCCC[C@H](Nc2nc(-c3ccccc3Cl)cs2)C(=O)N2C[C@H](OC(=O)N3Cc4cccc(F)c4C3)C[C@@H]12. The molecule has 0 radical (unpaired) electrons. The average molecular weight is 825 g/mol. The first-order valence-electron chi connectivity index (χ1n) is 19.0. The van der Waals surface area contributed by atoms with Crippen molar-refractivity contribution in [2.24, 2.45) is 5.92 Å². The summed E-state index contributed by atoms with van der Waals surface area (Å²) in [5, 5.41) is 8.38. The van der Waals surface area contributed by atoms with Crippen molar-refractivity contribution in [1.29, 1.82) is 0 Å². The van der Waals surface area contributed by atoms with Crippen molar-refractivity contribution in [3.63, 3.8) is 0 Å². The lowest BCUT2D eigenvalue weighted by molar-refractivity contribution is -0.140. The highest BCUT2D eigenvalue weighted by molar-refractivity contribution is 7.91. The number of carbonyl (C=O) groups is 4. The molecule has 4 amide bonds. The van der Waals surface area contributed by atoms with Gasteiger partial charge in [0.25, 0.3) is 5.91 Å². The van der Waals surface area contributed by atoms with Crippen LogP contribution in [0.4, 0.5) is 14.3 Å². The number of nitrogens with one attached hydrogen (secondary N) is 3. The van der Waals surface area contributed by atoms with Crippen molar-refractivity contribution >= 4 is 61.9 Å². The molecule has 13 nitrogen and oxygen atoms in total.